The predicted molar refractivity (Wildman–Crippen MR) is 136 cm³/mol. The molecule has 1 atom stereocenters. The Morgan fingerprint density at radius 2 is 2.06 bits per heavy atom. The molecule has 2 aliphatic rings. The van der Waals surface area contributed by atoms with Crippen LogP contribution in [-0.2, 0) is 9.47 Å². The quantitative estimate of drug-likeness (QED) is 0.503. The van der Waals surface area contributed by atoms with Gasteiger partial charge in [0.15, 0.2) is 0 Å². The molecular weight excluding hydrogens is 487 g/mol. The highest BCUT2D eigenvalue weighted by Gasteiger charge is 2.33. The van der Waals surface area contributed by atoms with E-state index in [2.05, 4.69) is 15.3 Å². The Labute approximate surface area is 212 Å². The highest BCUT2D eigenvalue weighted by Crippen LogP contribution is 2.29. The van der Waals surface area contributed by atoms with Gasteiger partial charge in [0.25, 0.3) is 11.1 Å². The Bertz CT molecular complexity index is 1310. The third-order valence-corrected chi connectivity index (χ3v) is 6.66. The number of amides is 2. The summed E-state index contributed by atoms with van der Waals surface area (Å²) in [5.41, 5.74) is 3.05. The van der Waals surface area contributed by atoms with E-state index in [9.17, 15) is 9.59 Å². The predicted octanol–water partition coefficient (Wildman–Crippen LogP) is 2.51. The number of methoxy groups -OCH3 is 1. The van der Waals surface area contributed by atoms with Gasteiger partial charge in [-0.25, -0.2) is 14.2 Å². The van der Waals surface area contributed by atoms with Crippen molar-refractivity contribution in [2.45, 2.75) is 6.10 Å². The monoisotopic (exact) mass is 512 g/mol. The Morgan fingerprint density at radius 3 is 2.81 bits per heavy atom. The lowest BCUT2D eigenvalue weighted by molar-refractivity contribution is 0.0746. The van der Waals surface area contributed by atoms with Crippen LogP contribution >= 0.6 is 12.2 Å². The second-order valence-electron chi connectivity index (χ2n) is 8.54. The first-order valence-electron chi connectivity index (χ1n) is 11.5. The molecule has 1 aromatic heterocycles. The Kier molecular flexibility index (Phi) is 6.59. The van der Waals surface area contributed by atoms with Crippen molar-refractivity contribution >= 4 is 51.8 Å². The van der Waals surface area contributed by atoms with Crippen LogP contribution in [0.15, 0.2) is 42.7 Å². The van der Waals surface area contributed by atoms with Crippen LogP contribution < -0.4 is 15.1 Å². The van der Waals surface area contributed by atoms with Crippen LogP contribution in [0, 0.1) is 5.82 Å². The van der Waals surface area contributed by atoms with Crippen molar-refractivity contribution < 1.29 is 23.5 Å². The number of nitrogens with zero attached hydrogens (tertiary/aromatic N) is 4. The summed E-state index contributed by atoms with van der Waals surface area (Å²) >= 11 is 4.93. The van der Waals surface area contributed by atoms with Gasteiger partial charge in [-0.2, -0.15) is 0 Å². The lowest BCUT2D eigenvalue weighted by Gasteiger charge is -2.36. The fourth-order valence-corrected chi connectivity index (χ4v) is 4.51. The number of carbonyl (C=O) groups is 2. The molecule has 188 valence electrons. The van der Waals surface area contributed by atoms with E-state index in [0.29, 0.717) is 49.7 Å². The van der Waals surface area contributed by atoms with Gasteiger partial charge in [0.2, 0.25) is 0 Å². The van der Waals surface area contributed by atoms with Crippen molar-refractivity contribution in [3.8, 4) is 0 Å². The molecular formula is C24H25FN6O4S. The molecule has 10 nitrogen and oxygen atoms in total. The van der Waals surface area contributed by atoms with Gasteiger partial charge in [0.1, 0.15) is 11.9 Å². The molecule has 0 aliphatic carbocycles. The number of benzene rings is 2. The summed E-state index contributed by atoms with van der Waals surface area (Å²) in [5.74, 6) is -0.503. The zero-order valence-electron chi connectivity index (χ0n) is 19.6. The van der Waals surface area contributed by atoms with Crippen LogP contribution in [0.25, 0.3) is 11.0 Å². The van der Waals surface area contributed by atoms with Gasteiger partial charge < -0.3 is 29.6 Å². The zero-order valence-corrected chi connectivity index (χ0v) is 20.4. The molecule has 0 spiro atoms. The smallest absolute Gasteiger partial charge is 0.414 e. The summed E-state index contributed by atoms with van der Waals surface area (Å²) in [6.07, 6.45) is 0.615. The summed E-state index contributed by atoms with van der Waals surface area (Å²) < 4.78 is 25.3. The summed E-state index contributed by atoms with van der Waals surface area (Å²) in [6.45, 7) is 2.49. The molecule has 3 aromatic rings. The topological polar surface area (TPSA) is 103 Å². The molecule has 2 aliphatic heterocycles. The lowest BCUT2D eigenvalue weighted by atomic mass is 10.1. The third-order valence-electron chi connectivity index (χ3n) is 6.35. The number of hydrogen-bond donors (Lipinski definition) is 2. The first kappa shape index (κ1) is 23.8. The first-order valence-corrected chi connectivity index (χ1v) is 11.9. The molecule has 2 saturated heterocycles. The largest absolute Gasteiger partial charge is 0.474 e. The summed E-state index contributed by atoms with van der Waals surface area (Å²) in [6, 6.07) is 10.1. The molecule has 2 fully saturated rings. The van der Waals surface area contributed by atoms with Crippen LogP contribution in [-0.4, -0.2) is 84.5 Å². The van der Waals surface area contributed by atoms with E-state index in [0.717, 1.165) is 11.0 Å². The van der Waals surface area contributed by atoms with Crippen molar-refractivity contribution in [2.75, 3.05) is 56.2 Å². The summed E-state index contributed by atoms with van der Waals surface area (Å²) in [7, 11) is 1.45. The number of hydrogen-bond acceptors (Lipinski definition) is 7. The number of aromatic nitrogens is 2. The minimum absolute atomic E-state index is 0.0650. The number of cyclic esters (lactones) is 1. The van der Waals surface area contributed by atoms with Gasteiger partial charge in [0.05, 0.1) is 48.9 Å². The number of piperazine rings is 1. The molecule has 36 heavy (non-hydrogen) atoms. The summed E-state index contributed by atoms with van der Waals surface area (Å²) in [4.78, 5) is 37.5. The number of carbonyl (C=O) groups excluding carboxylic acids is 2. The molecule has 2 aromatic carbocycles. The normalized spacial score (nSPS) is 17.9. The maximum Gasteiger partial charge on any atom is 0.414 e. The van der Waals surface area contributed by atoms with Gasteiger partial charge in [0, 0.05) is 31.7 Å². The number of fused-ring (bicyclic) bond motifs is 1. The number of thiocarbonyl (C=S) groups is 1. The van der Waals surface area contributed by atoms with E-state index in [4.69, 9.17) is 21.7 Å². The number of rotatable bonds is 5. The molecule has 0 radical (unpaired) electrons. The van der Waals surface area contributed by atoms with Gasteiger partial charge >= 0.3 is 6.09 Å². The van der Waals surface area contributed by atoms with E-state index < -0.39 is 18.0 Å². The fourth-order valence-electron chi connectivity index (χ4n) is 4.43. The molecule has 12 heteroatoms. The highest BCUT2D eigenvalue weighted by molar-refractivity contribution is 7.80. The van der Waals surface area contributed by atoms with Crippen molar-refractivity contribution in [1.29, 1.82) is 0 Å². The number of halogens is 1. The molecule has 1 unspecified atom stereocenters. The number of anilines is 2. The van der Waals surface area contributed by atoms with Gasteiger partial charge in [-0.15, -0.1) is 0 Å². The first-order chi connectivity index (χ1) is 17.4. The van der Waals surface area contributed by atoms with Crippen LogP contribution in [0.5, 0.6) is 0 Å². The minimum atomic E-state index is -0.544. The molecule has 2 N–H and O–H groups in total. The zero-order chi connectivity index (χ0) is 25.2. The molecule has 5 rings (SSSR count). The average molecular weight is 513 g/mol. The second kappa shape index (κ2) is 9.97. The van der Waals surface area contributed by atoms with Crippen LogP contribution in [0.3, 0.4) is 0 Å². The Morgan fingerprint density at radius 1 is 1.25 bits per heavy atom. The maximum absolute atomic E-state index is 15.1. The number of ether oxygens (including phenoxy) is 2. The summed E-state index contributed by atoms with van der Waals surface area (Å²) in [5, 5.41) is 3.06. The van der Waals surface area contributed by atoms with Gasteiger partial charge in [-0.1, -0.05) is 0 Å². The fraction of sp³-hybridized carbons (Fsp3) is 0.333. The minimum Gasteiger partial charge on any atom is -0.474 e. The van der Waals surface area contributed by atoms with E-state index in [-0.39, 0.29) is 17.6 Å². The number of nitrogens with one attached hydrogen (secondary N) is 2. The van der Waals surface area contributed by atoms with E-state index >= 15 is 4.39 Å². The van der Waals surface area contributed by atoms with Crippen molar-refractivity contribution in [3.63, 3.8) is 0 Å². The van der Waals surface area contributed by atoms with Gasteiger partial charge in [-0.05, 0) is 48.6 Å². The molecule has 3 heterocycles. The molecule has 0 bridgehead atoms. The molecule has 2 amide bonds. The third kappa shape index (κ3) is 4.76. The maximum atomic E-state index is 15.1. The standard InChI is InChI=1S/C24H25FN6O4S/c1-34-23(36)26-12-17-13-31(24(33)35-17)16-3-5-21(18(25)11-16)29-6-8-30(9-7-29)22(32)15-2-4-19-20(10-15)28-14-27-19/h2-5,10-11,14,17H,6-9,12-13H2,1H3,(H,26,36)(H,27,28). The number of imidazole rings is 1. The van der Waals surface area contributed by atoms with Crippen molar-refractivity contribution in [3.05, 3.63) is 54.1 Å². The van der Waals surface area contributed by atoms with Crippen molar-refractivity contribution in [1.82, 2.24) is 20.2 Å². The highest BCUT2D eigenvalue weighted by atomic mass is 32.1. The Balaban J connectivity index is 1.20. The molecule has 0 saturated carbocycles. The van der Waals surface area contributed by atoms with E-state index in [1.165, 1.54) is 18.1 Å². The number of aromatic amines is 1. The second-order valence-corrected chi connectivity index (χ2v) is 8.91. The van der Waals surface area contributed by atoms with E-state index in [1.54, 1.807) is 35.5 Å². The van der Waals surface area contributed by atoms with Gasteiger partial charge in [-0.3, -0.25) is 9.69 Å². The lowest BCUT2D eigenvalue weighted by Crippen LogP contribution is -2.49. The number of H-pyrrole nitrogens is 1. The SMILES string of the molecule is COC(=S)NCC1CN(c2ccc(N3CCN(C(=O)c4ccc5nc[nH]c5c4)CC3)c(F)c2)C(=O)O1. The Hall–Kier alpha value is -3.93. The van der Waals surface area contributed by atoms with Crippen molar-refractivity contribution in [2.24, 2.45) is 0 Å². The van der Waals surface area contributed by atoms with E-state index in [1.807, 2.05) is 11.0 Å². The van der Waals surface area contributed by atoms with Crippen LogP contribution in [0.2, 0.25) is 0 Å². The average Bonchev–Trinajstić information content (AvgIpc) is 3.52. The van der Waals surface area contributed by atoms with Crippen LogP contribution in [0.4, 0.5) is 20.6 Å². The van der Waals surface area contributed by atoms with Crippen LogP contribution in [0.1, 0.15) is 10.4 Å².